The van der Waals surface area contributed by atoms with Crippen molar-refractivity contribution >= 4 is 0 Å². The third kappa shape index (κ3) is 1.22. The van der Waals surface area contributed by atoms with Crippen LogP contribution in [-0.2, 0) is 12.8 Å². The minimum Gasteiger partial charge on any atom is -0.205 e. The summed E-state index contributed by atoms with van der Waals surface area (Å²) in [6.07, 6.45) is 0.812. The van der Waals surface area contributed by atoms with Crippen molar-refractivity contribution in [3.8, 4) is 0 Å². The van der Waals surface area contributed by atoms with E-state index >= 15 is 0 Å². The lowest BCUT2D eigenvalue weighted by atomic mass is 10.1. The van der Waals surface area contributed by atoms with Gasteiger partial charge >= 0.3 is 0 Å². The molecule has 0 saturated carbocycles. The number of aryl methyl sites for hydroxylation is 2. The number of fused-ring (bicyclic) bond motifs is 1. The Labute approximate surface area is 70.2 Å². The summed E-state index contributed by atoms with van der Waals surface area (Å²) in [5, 5.41) is 0. The zero-order valence-corrected chi connectivity index (χ0v) is 6.69. The lowest BCUT2D eigenvalue weighted by Crippen LogP contribution is -1.88. The molecule has 0 spiro atoms. The molecule has 0 N–H and O–H groups in total. The van der Waals surface area contributed by atoms with Crippen molar-refractivity contribution in [2.45, 2.75) is 25.7 Å². The summed E-state index contributed by atoms with van der Waals surface area (Å²) < 4.78 is 24.5. The van der Waals surface area contributed by atoms with Gasteiger partial charge in [-0.1, -0.05) is 12.1 Å². The van der Waals surface area contributed by atoms with Crippen LogP contribution in [0.2, 0.25) is 0 Å². The van der Waals surface area contributed by atoms with E-state index in [0.29, 0.717) is 0 Å². The number of hydrogen-bond acceptors (Lipinski definition) is 0. The van der Waals surface area contributed by atoms with Gasteiger partial charge in [0.25, 0.3) is 6.43 Å². The maximum atomic E-state index is 12.2. The molecule has 1 aromatic rings. The van der Waals surface area contributed by atoms with Gasteiger partial charge in [0.05, 0.1) is 0 Å². The van der Waals surface area contributed by atoms with Gasteiger partial charge in [0.1, 0.15) is 0 Å². The van der Waals surface area contributed by atoms with Crippen LogP contribution in [0, 0.1) is 0 Å². The summed E-state index contributed by atoms with van der Waals surface area (Å²) >= 11 is 0. The van der Waals surface area contributed by atoms with Gasteiger partial charge in [0.2, 0.25) is 0 Å². The zero-order chi connectivity index (χ0) is 8.55. The Hall–Kier alpha value is -0.920. The van der Waals surface area contributed by atoms with Gasteiger partial charge in [-0.15, -0.1) is 0 Å². The highest BCUT2D eigenvalue weighted by Crippen LogP contribution is 2.27. The number of rotatable bonds is 1. The molecule has 1 aliphatic rings. The lowest BCUT2D eigenvalue weighted by Gasteiger charge is -2.02. The number of halogens is 2. The molecule has 0 atom stereocenters. The molecular formula is C10H10F2. The van der Waals surface area contributed by atoms with Crippen LogP contribution in [0.3, 0.4) is 0 Å². The first-order valence-electron chi connectivity index (χ1n) is 4.17. The van der Waals surface area contributed by atoms with Gasteiger partial charge in [-0.2, -0.15) is 0 Å². The fourth-order valence-corrected chi connectivity index (χ4v) is 1.73. The van der Waals surface area contributed by atoms with E-state index in [9.17, 15) is 8.78 Å². The molecular weight excluding hydrogens is 158 g/mol. The Kier molecular flexibility index (Phi) is 1.83. The van der Waals surface area contributed by atoms with Crippen molar-refractivity contribution in [3.63, 3.8) is 0 Å². The van der Waals surface area contributed by atoms with Gasteiger partial charge in [0.15, 0.2) is 0 Å². The van der Waals surface area contributed by atoms with Gasteiger partial charge in [-0.05, 0) is 36.5 Å². The van der Waals surface area contributed by atoms with E-state index in [1.165, 1.54) is 11.6 Å². The number of benzene rings is 1. The third-order valence-electron chi connectivity index (χ3n) is 2.37. The van der Waals surface area contributed by atoms with Crippen LogP contribution in [0.5, 0.6) is 0 Å². The highest BCUT2D eigenvalue weighted by atomic mass is 19.3. The van der Waals surface area contributed by atoms with Crippen LogP contribution in [0.1, 0.15) is 29.5 Å². The average molecular weight is 168 g/mol. The predicted molar refractivity (Wildman–Crippen MR) is 43.4 cm³/mol. The molecule has 0 saturated heterocycles. The Balaban J connectivity index is 2.39. The average Bonchev–Trinajstić information content (AvgIpc) is 2.49. The van der Waals surface area contributed by atoms with Crippen LogP contribution < -0.4 is 0 Å². The first-order valence-corrected chi connectivity index (χ1v) is 4.17. The Bertz CT molecular complexity index is 292. The smallest absolute Gasteiger partial charge is 0.205 e. The van der Waals surface area contributed by atoms with Crippen molar-refractivity contribution in [2.24, 2.45) is 0 Å². The monoisotopic (exact) mass is 168 g/mol. The maximum Gasteiger partial charge on any atom is 0.263 e. The molecule has 0 aliphatic heterocycles. The second kappa shape index (κ2) is 2.85. The standard InChI is InChI=1S/C10H10F2/c11-10(12)9-5-4-7-2-1-3-8(7)6-9/h4-6,10H,1-3H2. The van der Waals surface area contributed by atoms with Crippen molar-refractivity contribution in [2.75, 3.05) is 0 Å². The summed E-state index contributed by atoms with van der Waals surface area (Å²) in [5.41, 5.74) is 2.53. The fraction of sp³-hybridized carbons (Fsp3) is 0.400. The van der Waals surface area contributed by atoms with E-state index in [1.807, 2.05) is 6.07 Å². The molecule has 0 radical (unpaired) electrons. The van der Waals surface area contributed by atoms with E-state index in [-0.39, 0.29) is 5.56 Å². The molecule has 0 heterocycles. The van der Waals surface area contributed by atoms with Crippen molar-refractivity contribution in [3.05, 3.63) is 34.9 Å². The Morgan fingerprint density at radius 1 is 1.08 bits per heavy atom. The van der Waals surface area contributed by atoms with E-state index in [0.717, 1.165) is 24.8 Å². The summed E-state index contributed by atoms with van der Waals surface area (Å²) in [7, 11) is 0. The largest absolute Gasteiger partial charge is 0.263 e. The second-order valence-corrected chi connectivity index (χ2v) is 3.18. The predicted octanol–water partition coefficient (Wildman–Crippen LogP) is 3.11. The quantitative estimate of drug-likeness (QED) is 0.604. The van der Waals surface area contributed by atoms with E-state index in [1.54, 1.807) is 6.07 Å². The molecule has 2 heteroatoms. The normalized spacial score (nSPS) is 15.2. The van der Waals surface area contributed by atoms with Crippen molar-refractivity contribution in [1.82, 2.24) is 0 Å². The van der Waals surface area contributed by atoms with Gasteiger partial charge in [0, 0.05) is 5.56 Å². The maximum absolute atomic E-state index is 12.2. The molecule has 0 unspecified atom stereocenters. The van der Waals surface area contributed by atoms with Gasteiger partial charge in [-0.3, -0.25) is 0 Å². The molecule has 0 amide bonds. The highest BCUT2D eigenvalue weighted by Gasteiger charge is 2.13. The third-order valence-corrected chi connectivity index (χ3v) is 2.37. The van der Waals surface area contributed by atoms with E-state index in [2.05, 4.69) is 0 Å². The molecule has 0 aromatic heterocycles. The molecule has 0 fully saturated rings. The first kappa shape index (κ1) is 7.71. The molecule has 1 aliphatic carbocycles. The van der Waals surface area contributed by atoms with Crippen LogP contribution in [0.15, 0.2) is 18.2 Å². The summed E-state index contributed by atoms with van der Waals surface area (Å²) in [6.45, 7) is 0. The van der Waals surface area contributed by atoms with E-state index < -0.39 is 6.43 Å². The summed E-state index contributed by atoms with van der Waals surface area (Å²) in [4.78, 5) is 0. The lowest BCUT2D eigenvalue weighted by molar-refractivity contribution is 0.151. The molecule has 64 valence electrons. The first-order chi connectivity index (χ1) is 5.77. The van der Waals surface area contributed by atoms with Crippen molar-refractivity contribution in [1.29, 1.82) is 0 Å². The molecule has 2 rings (SSSR count). The van der Waals surface area contributed by atoms with Crippen LogP contribution in [-0.4, -0.2) is 0 Å². The summed E-state index contributed by atoms with van der Waals surface area (Å²) in [5.74, 6) is 0. The van der Waals surface area contributed by atoms with Crippen LogP contribution >= 0.6 is 0 Å². The number of alkyl halides is 2. The highest BCUT2D eigenvalue weighted by molar-refractivity contribution is 5.35. The van der Waals surface area contributed by atoms with Gasteiger partial charge < -0.3 is 0 Å². The van der Waals surface area contributed by atoms with Crippen LogP contribution in [0.4, 0.5) is 8.78 Å². The SMILES string of the molecule is FC(F)c1ccc2c(c1)CCC2. The van der Waals surface area contributed by atoms with E-state index in [4.69, 9.17) is 0 Å². The number of hydrogen-bond donors (Lipinski definition) is 0. The Morgan fingerprint density at radius 3 is 2.58 bits per heavy atom. The Morgan fingerprint density at radius 2 is 1.83 bits per heavy atom. The minimum absolute atomic E-state index is 0.163. The topological polar surface area (TPSA) is 0 Å². The minimum atomic E-state index is -2.32. The van der Waals surface area contributed by atoms with Crippen LogP contribution in [0.25, 0.3) is 0 Å². The molecule has 0 nitrogen and oxygen atoms in total. The molecule has 1 aromatic carbocycles. The second-order valence-electron chi connectivity index (χ2n) is 3.18. The zero-order valence-electron chi connectivity index (χ0n) is 6.69. The van der Waals surface area contributed by atoms with Crippen molar-refractivity contribution < 1.29 is 8.78 Å². The molecule has 0 bridgehead atoms. The summed E-state index contributed by atoms with van der Waals surface area (Å²) in [6, 6.07) is 5.02. The molecule has 12 heavy (non-hydrogen) atoms. The van der Waals surface area contributed by atoms with Gasteiger partial charge in [-0.25, -0.2) is 8.78 Å². The fourth-order valence-electron chi connectivity index (χ4n) is 1.73.